The second-order valence-electron chi connectivity index (χ2n) is 6.68. The van der Waals surface area contributed by atoms with Crippen LogP contribution in [-0.4, -0.2) is 38.2 Å². The van der Waals surface area contributed by atoms with E-state index >= 15 is 0 Å². The van der Waals surface area contributed by atoms with E-state index in [0.29, 0.717) is 30.9 Å². The number of ether oxygens (including phenoxy) is 2. The lowest BCUT2D eigenvalue weighted by molar-refractivity contribution is -0.121. The number of benzene rings is 1. The first-order chi connectivity index (χ1) is 13.2. The lowest BCUT2D eigenvalue weighted by Crippen LogP contribution is -2.23. The van der Waals surface area contributed by atoms with Gasteiger partial charge in [-0.15, -0.1) is 0 Å². The molecule has 1 aliphatic heterocycles. The molecule has 1 saturated heterocycles. The van der Waals surface area contributed by atoms with Gasteiger partial charge in [-0.3, -0.25) is 4.79 Å². The molecule has 0 atom stereocenters. The van der Waals surface area contributed by atoms with Crippen LogP contribution >= 0.6 is 0 Å². The summed E-state index contributed by atoms with van der Waals surface area (Å²) in [5, 5.41) is 2.96. The van der Waals surface area contributed by atoms with Crippen LogP contribution in [0.15, 0.2) is 36.5 Å². The molecule has 1 amide bonds. The molecule has 1 fully saturated rings. The van der Waals surface area contributed by atoms with Gasteiger partial charge in [-0.05, 0) is 48.6 Å². The van der Waals surface area contributed by atoms with Crippen LogP contribution < -0.4 is 19.7 Å². The zero-order chi connectivity index (χ0) is 19.1. The van der Waals surface area contributed by atoms with E-state index in [4.69, 9.17) is 9.47 Å². The summed E-state index contributed by atoms with van der Waals surface area (Å²) in [6.45, 7) is 2.66. The van der Waals surface area contributed by atoms with Gasteiger partial charge in [-0.1, -0.05) is 12.1 Å². The molecule has 6 heteroatoms. The van der Waals surface area contributed by atoms with Gasteiger partial charge in [0.2, 0.25) is 5.91 Å². The molecule has 0 spiro atoms. The Morgan fingerprint density at radius 3 is 2.48 bits per heavy atom. The molecule has 0 saturated carbocycles. The highest BCUT2D eigenvalue weighted by Crippen LogP contribution is 2.28. The summed E-state index contributed by atoms with van der Waals surface area (Å²) in [5.41, 5.74) is 2.05. The molecule has 0 aliphatic carbocycles. The number of pyridine rings is 1. The Morgan fingerprint density at radius 1 is 1.07 bits per heavy atom. The van der Waals surface area contributed by atoms with Crippen LogP contribution in [0.4, 0.5) is 5.82 Å². The highest BCUT2D eigenvalue weighted by molar-refractivity contribution is 5.76. The van der Waals surface area contributed by atoms with Gasteiger partial charge in [0.05, 0.1) is 14.2 Å². The molecule has 2 heterocycles. The minimum atomic E-state index is 0.0217. The summed E-state index contributed by atoms with van der Waals surface area (Å²) < 4.78 is 10.5. The van der Waals surface area contributed by atoms with E-state index in [9.17, 15) is 4.79 Å². The maximum Gasteiger partial charge on any atom is 0.220 e. The van der Waals surface area contributed by atoms with Crippen LogP contribution in [0.3, 0.4) is 0 Å². The number of carbonyl (C=O) groups is 1. The molecule has 6 nitrogen and oxygen atoms in total. The summed E-state index contributed by atoms with van der Waals surface area (Å²) >= 11 is 0. The van der Waals surface area contributed by atoms with E-state index in [-0.39, 0.29) is 5.91 Å². The lowest BCUT2D eigenvalue weighted by Gasteiger charge is -2.16. The summed E-state index contributed by atoms with van der Waals surface area (Å²) in [4.78, 5) is 19.0. The van der Waals surface area contributed by atoms with Crippen molar-refractivity contribution in [3.05, 3.63) is 47.7 Å². The Morgan fingerprint density at radius 2 is 1.81 bits per heavy atom. The van der Waals surface area contributed by atoms with Crippen LogP contribution in [0.1, 0.15) is 30.4 Å². The lowest BCUT2D eigenvalue weighted by atomic mass is 10.1. The third-order valence-electron chi connectivity index (χ3n) is 4.82. The first-order valence-electron chi connectivity index (χ1n) is 9.37. The third kappa shape index (κ3) is 5.12. The second kappa shape index (κ2) is 9.26. The molecule has 27 heavy (non-hydrogen) atoms. The van der Waals surface area contributed by atoms with Crippen molar-refractivity contribution >= 4 is 11.7 Å². The fourth-order valence-electron chi connectivity index (χ4n) is 3.24. The molecule has 144 valence electrons. The van der Waals surface area contributed by atoms with Gasteiger partial charge in [0, 0.05) is 32.3 Å². The molecule has 2 aromatic rings. The third-order valence-corrected chi connectivity index (χ3v) is 4.82. The Bertz CT molecular complexity index is 756. The van der Waals surface area contributed by atoms with Gasteiger partial charge in [-0.2, -0.15) is 0 Å². The molecule has 0 radical (unpaired) electrons. The number of rotatable bonds is 8. The van der Waals surface area contributed by atoms with E-state index in [1.54, 1.807) is 14.2 Å². The molecule has 1 aromatic heterocycles. The normalized spacial score (nSPS) is 13.5. The number of nitrogens with zero attached hydrogens (tertiary/aromatic N) is 2. The van der Waals surface area contributed by atoms with Crippen molar-refractivity contribution in [1.29, 1.82) is 0 Å². The van der Waals surface area contributed by atoms with Crippen LogP contribution in [0.2, 0.25) is 0 Å². The monoisotopic (exact) mass is 369 g/mol. The largest absolute Gasteiger partial charge is 0.493 e. The maximum atomic E-state index is 12.1. The summed E-state index contributed by atoms with van der Waals surface area (Å²) in [5.74, 6) is 2.42. The first-order valence-corrected chi connectivity index (χ1v) is 9.37. The predicted octanol–water partition coefficient (Wildman–Crippen LogP) is 2.95. The Labute approximate surface area is 160 Å². The SMILES string of the molecule is COc1ccc(CCC(=O)NCc2ccc(N3CCCC3)nc2)cc1OC. The van der Waals surface area contributed by atoms with Crippen molar-refractivity contribution < 1.29 is 14.3 Å². The molecule has 0 unspecified atom stereocenters. The van der Waals surface area contributed by atoms with E-state index in [2.05, 4.69) is 15.2 Å². The van der Waals surface area contributed by atoms with E-state index < -0.39 is 0 Å². The Hall–Kier alpha value is -2.76. The molecule has 0 bridgehead atoms. The van der Waals surface area contributed by atoms with Gasteiger partial charge >= 0.3 is 0 Å². The second-order valence-corrected chi connectivity index (χ2v) is 6.68. The molecular formula is C21H27N3O3. The van der Waals surface area contributed by atoms with Crippen molar-refractivity contribution in [1.82, 2.24) is 10.3 Å². The number of hydrogen-bond acceptors (Lipinski definition) is 5. The minimum Gasteiger partial charge on any atom is -0.493 e. The quantitative estimate of drug-likeness (QED) is 0.775. The molecule has 1 aromatic carbocycles. The highest BCUT2D eigenvalue weighted by Gasteiger charge is 2.13. The number of carbonyl (C=O) groups excluding carboxylic acids is 1. The maximum absolute atomic E-state index is 12.1. The highest BCUT2D eigenvalue weighted by atomic mass is 16.5. The first kappa shape index (κ1) is 19.0. The number of amides is 1. The number of aryl methyl sites for hydroxylation is 1. The minimum absolute atomic E-state index is 0.0217. The Kier molecular flexibility index (Phi) is 6.52. The summed E-state index contributed by atoms with van der Waals surface area (Å²) in [7, 11) is 3.22. The zero-order valence-electron chi connectivity index (χ0n) is 16.0. The fraction of sp³-hybridized carbons (Fsp3) is 0.429. The van der Waals surface area contributed by atoms with Crippen molar-refractivity contribution in [2.75, 3.05) is 32.2 Å². The van der Waals surface area contributed by atoms with E-state index in [1.165, 1.54) is 12.8 Å². The van der Waals surface area contributed by atoms with Crippen LogP contribution in [0, 0.1) is 0 Å². The Balaban J connectivity index is 1.45. The van der Waals surface area contributed by atoms with Gasteiger partial charge in [0.1, 0.15) is 5.82 Å². The number of aromatic nitrogens is 1. The summed E-state index contributed by atoms with van der Waals surface area (Å²) in [6, 6.07) is 9.80. The van der Waals surface area contributed by atoms with Crippen LogP contribution in [-0.2, 0) is 17.8 Å². The standard InChI is InChI=1S/C21H27N3O3/c1-26-18-8-5-16(13-19(18)27-2)7-10-21(25)23-15-17-6-9-20(22-14-17)24-11-3-4-12-24/h5-6,8-9,13-14H,3-4,7,10-12,15H2,1-2H3,(H,23,25). The van der Waals surface area contributed by atoms with Gasteiger partial charge in [-0.25, -0.2) is 4.98 Å². The number of anilines is 1. The van der Waals surface area contributed by atoms with Crippen LogP contribution in [0.5, 0.6) is 11.5 Å². The zero-order valence-corrected chi connectivity index (χ0v) is 16.0. The number of nitrogens with one attached hydrogen (secondary N) is 1. The van der Waals surface area contributed by atoms with Crippen LogP contribution in [0.25, 0.3) is 0 Å². The molecule has 1 aliphatic rings. The van der Waals surface area contributed by atoms with E-state index in [1.807, 2.05) is 36.5 Å². The molecular weight excluding hydrogens is 342 g/mol. The van der Waals surface area contributed by atoms with Gasteiger partial charge in [0.25, 0.3) is 0 Å². The average molecular weight is 369 g/mol. The average Bonchev–Trinajstić information content (AvgIpc) is 3.25. The number of hydrogen-bond donors (Lipinski definition) is 1. The van der Waals surface area contributed by atoms with Crippen molar-refractivity contribution in [2.24, 2.45) is 0 Å². The smallest absolute Gasteiger partial charge is 0.220 e. The molecule has 1 N–H and O–H groups in total. The topological polar surface area (TPSA) is 63.7 Å². The van der Waals surface area contributed by atoms with Gasteiger partial charge < -0.3 is 19.7 Å². The van der Waals surface area contributed by atoms with Crippen molar-refractivity contribution in [3.8, 4) is 11.5 Å². The van der Waals surface area contributed by atoms with E-state index in [0.717, 1.165) is 30.0 Å². The summed E-state index contributed by atoms with van der Waals surface area (Å²) in [6.07, 6.45) is 5.40. The molecule has 3 rings (SSSR count). The number of methoxy groups -OCH3 is 2. The van der Waals surface area contributed by atoms with Gasteiger partial charge in [0.15, 0.2) is 11.5 Å². The fourth-order valence-corrected chi connectivity index (χ4v) is 3.24. The predicted molar refractivity (Wildman–Crippen MR) is 105 cm³/mol. The van der Waals surface area contributed by atoms with Crippen molar-refractivity contribution in [3.63, 3.8) is 0 Å². The van der Waals surface area contributed by atoms with Crippen molar-refractivity contribution in [2.45, 2.75) is 32.2 Å².